The molecule has 0 radical (unpaired) electrons. The highest BCUT2D eigenvalue weighted by Crippen LogP contribution is 2.13. The van der Waals surface area contributed by atoms with E-state index in [1.54, 1.807) is 0 Å². The number of nitrogens with zero attached hydrogens (tertiary/aromatic N) is 3. The van der Waals surface area contributed by atoms with Gasteiger partial charge in [-0.05, 0) is 32.4 Å². The van der Waals surface area contributed by atoms with Gasteiger partial charge in [0.25, 0.3) is 5.91 Å². The van der Waals surface area contributed by atoms with E-state index in [2.05, 4.69) is 10.1 Å². The third-order valence-corrected chi connectivity index (χ3v) is 4.20. The van der Waals surface area contributed by atoms with Crippen LogP contribution in [-0.4, -0.2) is 47.0 Å². The summed E-state index contributed by atoms with van der Waals surface area (Å²) in [5.41, 5.74) is 2.81. The van der Waals surface area contributed by atoms with E-state index in [4.69, 9.17) is 4.52 Å². The quantitative estimate of drug-likeness (QED) is 0.874. The van der Waals surface area contributed by atoms with Gasteiger partial charge in [0.15, 0.2) is 5.76 Å². The molecule has 1 aromatic carbocycles. The van der Waals surface area contributed by atoms with Crippen LogP contribution in [0.2, 0.25) is 0 Å². The molecule has 0 atom stereocenters. The molecule has 122 valence electrons. The SMILES string of the molecule is Cc1cccc(C(=O)N2CCCN(Cc3cc(C)no3)CC2)c1. The van der Waals surface area contributed by atoms with E-state index < -0.39 is 0 Å². The van der Waals surface area contributed by atoms with Crippen molar-refractivity contribution in [2.75, 3.05) is 26.2 Å². The van der Waals surface area contributed by atoms with Gasteiger partial charge >= 0.3 is 0 Å². The molecule has 1 aromatic heterocycles. The molecule has 5 heteroatoms. The Balaban J connectivity index is 1.60. The Morgan fingerprint density at radius 3 is 2.78 bits per heavy atom. The van der Waals surface area contributed by atoms with E-state index in [1.165, 1.54) is 0 Å². The van der Waals surface area contributed by atoms with Gasteiger partial charge < -0.3 is 9.42 Å². The zero-order valence-electron chi connectivity index (χ0n) is 13.8. The summed E-state index contributed by atoms with van der Waals surface area (Å²) in [5, 5.41) is 3.93. The van der Waals surface area contributed by atoms with Crippen LogP contribution >= 0.6 is 0 Å². The molecular formula is C18H23N3O2. The van der Waals surface area contributed by atoms with Crippen LogP contribution in [0.25, 0.3) is 0 Å². The maximum atomic E-state index is 12.7. The van der Waals surface area contributed by atoms with Crippen molar-refractivity contribution in [1.29, 1.82) is 0 Å². The van der Waals surface area contributed by atoms with Crippen molar-refractivity contribution in [3.8, 4) is 0 Å². The third kappa shape index (κ3) is 3.99. The number of carbonyl (C=O) groups excluding carboxylic acids is 1. The Kier molecular flexibility index (Phi) is 4.76. The normalized spacial score (nSPS) is 16.3. The lowest BCUT2D eigenvalue weighted by atomic mass is 10.1. The first-order valence-electron chi connectivity index (χ1n) is 8.12. The monoisotopic (exact) mass is 313 g/mol. The maximum absolute atomic E-state index is 12.7. The second-order valence-corrected chi connectivity index (χ2v) is 6.23. The summed E-state index contributed by atoms with van der Waals surface area (Å²) in [6, 6.07) is 9.79. The van der Waals surface area contributed by atoms with Crippen LogP contribution in [0.5, 0.6) is 0 Å². The Morgan fingerprint density at radius 1 is 1.17 bits per heavy atom. The van der Waals surface area contributed by atoms with Crippen LogP contribution in [0.4, 0.5) is 0 Å². The molecule has 1 amide bonds. The van der Waals surface area contributed by atoms with E-state index in [0.717, 1.165) is 61.7 Å². The summed E-state index contributed by atoms with van der Waals surface area (Å²) in [4.78, 5) is 16.9. The molecule has 0 spiro atoms. The molecule has 1 aliphatic heterocycles. The molecule has 0 saturated carbocycles. The largest absolute Gasteiger partial charge is 0.360 e. The van der Waals surface area contributed by atoms with Crippen molar-refractivity contribution < 1.29 is 9.32 Å². The first-order valence-corrected chi connectivity index (χ1v) is 8.12. The van der Waals surface area contributed by atoms with E-state index in [9.17, 15) is 4.79 Å². The van der Waals surface area contributed by atoms with E-state index in [-0.39, 0.29) is 5.91 Å². The van der Waals surface area contributed by atoms with Crippen LogP contribution in [0.3, 0.4) is 0 Å². The second kappa shape index (κ2) is 6.96. The number of aryl methyl sites for hydroxylation is 2. The minimum atomic E-state index is 0.131. The van der Waals surface area contributed by atoms with E-state index in [1.807, 2.05) is 49.1 Å². The third-order valence-electron chi connectivity index (χ3n) is 4.20. The average Bonchev–Trinajstić information content (AvgIpc) is 2.80. The van der Waals surface area contributed by atoms with E-state index >= 15 is 0 Å². The first kappa shape index (κ1) is 15.7. The summed E-state index contributed by atoms with van der Waals surface area (Å²) in [6.45, 7) is 8.08. The number of aromatic nitrogens is 1. The Labute approximate surface area is 136 Å². The standard InChI is InChI=1S/C18H23N3O2/c1-14-5-3-6-16(11-14)18(22)21-8-4-7-20(9-10-21)13-17-12-15(2)19-23-17/h3,5-6,11-12H,4,7-10,13H2,1-2H3. The number of benzene rings is 1. The highest BCUT2D eigenvalue weighted by Gasteiger charge is 2.21. The van der Waals surface area contributed by atoms with Crippen molar-refractivity contribution in [2.45, 2.75) is 26.8 Å². The first-order chi connectivity index (χ1) is 11.1. The number of hydrogen-bond donors (Lipinski definition) is 0. The molecule has 2 heterocycles. The van der Waals surface area contributed by atoms with Crippen molar-refractivity contribution in [3.63, 3.8) is 0 Å². The fourth-order valence-electron chi connectivity index (χ4n) is 3.00. The summed E-state index contributed by atoms with van der Waals surface area (Å²) in [7, 11) is 0. The van der Waals surface area contributed by atoms with Crippen LogP contribution < -0.4 is 0 Å². The van der Waals surface area contributed by atoms with Crippen LogP contribution in [0, 0.1) is 13.8 Å². The van der Waals surface area contributed by atoms with Gasteiger partial charge in [-0.1, -0.05) is 22.9 Å². The number of amides is 1. The zero-order valence-corrected chi connectivity index (χ0v) is 13.8. The second-order valence-electron chi connectivity index (χ2n) is 6.23. The summed E-state index contributed by atoms with van der Waals surface area (Å²) < 4.78 is 5.29. The van der Waals surface area contributed by atoms with Gasteiger partial charge in [-0.2, -0.15) is 0 Å². The molecule has 0 bridgehead atoms. The Bertz CT molecular complexity index is 680. The van der Waals surface area contributed by atoms with Crippen LogP contribution in [-0.2, 0) is 6.54 Å². The summed E-state index contributed by atoms with van der Waals surface area (Å²) in [5.74, 6) is 1.02. The zero-order chi connectivity index (χ0) is 16.2. The predicted molar refractivity (Wildman–Crippen MR) is 88.2 cm³/mol. The highest BCUT2D eigenvalue weighted by atomic mass is 16.5. The predicted octanol–water partition coefficient (Wildman–Crippen LogP) is 2.64. The molecule has 23 heavy (non-hydrogen) atoms. The number of hydrogen-bond acceptors (Lipinski definition) is 4. The van der Waals surface area contributed by atoms with Crippen molar-refractivity contribution in [2.24, 2.45) is 0 Å². The molecule has 1 aliphatic rings. The van der Waals surface area contributed by atoms with Gasteiger partial charge in [0.05, 0.1) is 12.2 Å². The maximum Gasteiger partial charge on any atom is 0.253 e. The minimum absolute atomic E-state index is 0.131. The molecule has 0 unspecified atom stereocenters. The topological polar surface area (TPSA) is 49.6 Å². The van der Waals surface area contributed by atoms with E-state index in [0.29, 0.717) is 0 Å². The Morgan fingerprint density at radius 2 is 2.04 bits per heavy atom. The van der Waals surface area contributed by atoms with Crippen LogP contribution in [0.1, 0.15) is 33.8 Å². The fraction of sp³-hybridized carbons (Fsp3) is 0.444. The molecular weight excluding hydrogens is 290 g/mol. The Hall–Kier alpha value is -2.14. The smallest absolute Gasteiger partial charge is 0.253 e. The van der Waals surface area contributed by atoms with Gasteiger partial charge in [0.2, 0.25) is 0 Å². The van der Waals surface area contributed by atoms with Crippen molar-refractivity contribution >= 4 is 5.91 Å². The van der Waals surface area contributed by atoms with Gasteiger partial charge in [-0.3, -0.25) is 9.69 Å². The highest BCUT2D eigenvalue weighted by molar-refractivity contribution is 5.94. The minimum Gasteiger partial charge on any atom is -0.360 e. The van der Waals surface area contributed by atoms with Crippen LogP contribution in [0.15, 0.2) is 34.9 Å². The molecule has 3 rings (SSSR count). The van der Waals surface area contributed by atoms with Crippen molar-refractivity contribution in [3.05, 3.63) is 52.9 Å². The lowest BCUT2D eigenvalue weighted by Gasteiger charge is -2.21. The number of rotatable bonds is 3. The molecule has 1 saturated heterocycles. The molecule has 5 nitrogen and oxygen atoms in total. The molecule has 1 fully saturated rings. The average molecular weight is 313 g/mol. The van der Waals surface area contributed by atoms with Gasteiger partial charge in [-0.25, -0.2) is 0 Å². The molecule has 0 N–H and O–H groups in total. The van der Waals surface area contributed by atoms with Crippen molar-refractivity contribution in [1.82, 2.24) is 15.0 Å². The van der Waals surface area contributed by atoms with Gasteiger partial charge in [0, 0.05) is 37.8 Å². The number of carbonyl (C=O) groups is 1. The lowest BCUT2D eigenvalue weighted by molar-refractivity contribution is 0.0760. The summed E-state index contributed by atoms with van der Waals surface area (Å²) >= 11 is 0. The van der Waals surface area contributed by atoms with Gasteiger partial charge in [0.1, 0.15) is 0 Å². The molecule has 2 aromatic rings. The lowest BCUT2D eigenvalue weighted by Crippen LogP contribution is -2.35. The molecule has 0 aliphatic carbocycles. The summed E-state index contributed by atoms with van der Waals surface area (Å²) in [6.07, 6.45) is 0.977. The van der Waals surface area contributed by atoms with Gasteiger partial charge in [-0.15, -0.1) is 0 Å². The fourth-order valence-corrected chi connectivity index (χ4v) is 3.00.